The minimum atomic E-state index is 0.363. The smallest absolute Gasteiger partial charge is 0.122 e. The Balaban J connectivity index is 1.56. The Morgan fingerprint density at radius 2 is 2.15 bits per heavy atom. The molecule has 1 aromatic rings. The van der Waals surface area contributed by atoms with Crippen LogP contribution in [0.5, 0.6) is 5.75 Å². The van der Waals surface area contributed by atoms with E-state index in [-0.39, 0.29) is 0 Å². The predicted octanol–water partition coefficient (Wildman–Crippen LogP) is 2.37. The lowest BCUT2D eigenvalue weighted by Gasteiger charge is -2.36. The summed E-state index contributed by atoms with van der Waals surface area (Å²) in [4.78, 5) is 2.47. The fourth-order valence-corrected chi connectivity index (χ4v) is 3.55. The van der Waals surface area contributed by atoms with Crippen LogP contribution in [0.4, 0.5) is 0 Å². The first-order chi connectivity index (χ1) is 9.74. The number of ether oxygens (including phenoxy) is 1. The molecule has 2 aliphatic rings. The van der Waals surface area contributed by atoms with Crippen LogP contribution in [0.25, 0.3) is 0 Å². The van der Waals surface area contributed by atoms with Gasteiger partial charge in [0.25, 0.3) is 0 Å². The lowest BCUT2D eigenvalue weighted by atomic mass is 9.90. The summed E-state index contributed by atoms with van der Waals surface area (Å²) >= 11 is 0. The molecule has 1 aliphatic carbocycles. The first kappa shape index (κ1) is 13.9. The molecule has 0 spiro atoms. The van der Waals surface area contributed by atoms with Crippen LogP contribution in [0.2, 0.25) is 0 Å². The van der Waals surface area contributed by atoms with Crippen LogP contribution in [0.3, 0.4) is 0 Å². The van der Waals surface area contributed by atoms with Crippen molar-refractivity contribution in [2.75, 3.05) is 20.2 Å². The molecular weight excluding hydrogens is 248 g/mol. The number of nitrogens with zero attached hydrogens (tertiary/aromatic N) is 1. The molecule has 0 saturated heterocycles. The molecule has 3 rings (SSSR count). The van der Waals surface area contributed by atoms with Crippen LogP contribution in [-0.2, 0) is 12.8 Å². The molecule has 1 aliphatic heterocycles. The van der Waals surface area contributed by atoms with Crippen molar-refractivity contribution in [1.29, 1.82) is 0 Å². The van der Waals surface area contributed by atoms with E-state index in [4.69, 9.17) is 10.5 Å². The highest BCUT2D eigenvalue weighted by Crippen LogP contribution is 2.26. The Bertz CT molecular complexity index is 460. The molecule has 0 radical (unpaired) electrons. The van der Waals surface area contributed by atoms with E-state index in [9.17, 15) is 0 Å². The van der Waals surface area contributed by atoms with Gasteiger partial charge < -0.3 is 15.4 Å². The van der Waals surface area contributed by atoms with Gasteiger partial charge in [-0.3, -0.25) is 0 Å². The molecule has 2 N–H and O–H groups in total. The van der Waals surface area contributed by atoms with Gasteiger partial charge in [0.1, 0.15) is 5.75 Å². The third kappa shape index (κ3) is 2.99. The number of nitrogens with two attached hydrogens (primary N) is 1. The van der Waals surface area contributed by atoms with E-state index in [0.717, 1.165) is 31.7 Å². The third-order valence-electron chi connectivity index (χ3n) is 4.85. The van der Waals surface area contributed by atoms with Gasteiger partial charge >= 0.3 is 0 Å². The SMILES string of the molecule is CN(CCc1ccc2c(c1)CCO2)C1CCCCC1N. The average Bonchev–Trinajstić information content (AvgIpc) is 2.92. The van der Waals surface area contributed by atoms with Crippen LogP contribution >= 0.6 is 0 Å². The summed E-state index contributed by atoms with van der Waals surface area (Å²) in [5, 5.41) is 0. The molecule has 1 saturated carbocycles. The van der Waals surface area contributed by atoms with E-state index >= 15 is 0 Å². The van der Waals surface area contributed by atoms with Crippen molar-refractivity contribution < 1.29 is 4.74 Å². The summed E-state index contributed by atoms with van der Waals surface area (Å²) < 4.78 is 5.56. The Morgan fingerprint density at radius 3 is 3.00 bits per heavy atom. The first-order valence-corrected chi connectivity index (χ1v) is 7.94. The molecule has 1 heterocycles. The summed E-state index contributed by atoms with van der Waals surface area (Å²) in [5.74, 6) is 1.08. The van der Waals surface area contributed by atoms with Crippen molar-refractivity contribution in [3.63, 3.8) is 0 Å². The quantitative estimate of drug-likeness (QED) is 0.916. The maximum absolute atomic E-state index is 6.26. The zero-order valence-electron chi connectivity index (χ0n) is 12.5. The Labute approximate surface area is 122 Å². The summed E-state index contributed by atoms with van der Waals surface area (Å²) in [5.41, 5.74) is 9.06. The zero-order chi connectivity index (χ0) is 13.9. The van der Waals surface area contributed by atoms with Gasteiger partial charge in [-0.1, -0.05) is 25.0 Å². The molecular formula is C17H26N2O. The summed E-state index contributed by atoms with van der Waals surface area (Å²) in [7, 11) is 2.23. The molecule has 3 nitrogen and oxygen atoms in total. The Hall–Kier alpha value is -1.06. The number of hydrogen-bond donors (Lipinski definition) is 1. The molecule has 20 heavy (non-hydrogen) atoms. The molecule has 0 amide bonds. The minimum Gasteiger partial charge on any atom is -0.493 e. The van der Waals surface area contributed by atoms with Crippen molar-refractivity contribution in [3.05, 3.63) is 29.3 Å². The van der Waals surface area contributed by atoms with Crippen molar-refractivity contribution in [2.45, 2.75) is 50.6 Å². The van der Waals surface area contributed by atoms with E-state index in [1.54, 1.807) is 0 Å². The van der Waals surface area contributed by atoms with Crippen molar-refractivity contribution in [1.82, 2.24) is 4.90 Å². The number of fused-ring (bicyclic) bond motifs is 1. The summed E-state index contributed by atoms with van der Waals surface area (Å²) in [6.07, 6.45) is 7.25. The van der Waals surface area contributed by atoms with E-state index in [1.165, 1.54) is 36.8 Å². The van der Waals surface area contributed by atoms with Crippen LogP contribution in [0.15, 0.2) is 18.2 Å². The Kier molecular flexibility index (Phi) is 4.27. The molecule has 2 atom stereocenters. The largest absolute Gasteiger partial charge is 0.493 e. The first-order valence-electron chi connectivity index (χ1n) is 7.94. The summed E-state index contributed by atoms with van der Waals surface area (Å²) in [6, 6.07) is 7.59. The van der Waals surface area contributed by atoms with Crippen molar-refractivity contribution in [2.24, 2.45) is 5.73 Å². The van der Waals surface area contributed by atoms with Gasteiger partial charge in [-0.05, 0) is 43.5 Å². The van der Waals surface area contributed by atoms with E-state index in [2.05, 4.69) is 30.1 Å². The molecule has 3 heteroatoms. The number of hydrogen-bond acceptors (Lipinski definition) is 3. The second-order valence-electron chi connectivity index (χ2n) is 6.29. The number of likely N-dealkylation sites (N-methyl/N-ethyl adjacent to an activating group) is 1. The van der Waals surface area contributed by atoms with Crippen molar-refractivity contribution in [3.8, 4) is 5.75 Å². The maximum atomic E-state index is 6.26. The molecule has 1 aromatic carbocycles. The highest BCUT2D eigenvalue weighted by atomic mass is 16.5. The lowest BCUT2D eigenvalue weighted by molar-refractivity contribution is 0.171. The monoisotopic (exact) mass is 274 g/mol. The van der Waals surface area contributed by atoms with Gasteiger partial charge in [0.15, 0.2) is 0 Å². The van der Waals surface area contributed by atoms with E-state index < -0.39 is 0 Å². The van der Waals surface area contributed by atoms with Gasteiger partial charge in [0.2, 0.25) is 0 Å². The number of benzene rings is 1. The second-order valence-corrected chi connectivity index (χ2v) is 6.29. The van der Waals surface area contributed by atoms with Gasteiger partial charge in [-0.2, -0.15) is 0 Å². The van der Waals surface area contributed by atoms with Crippen molar-refractivity contribution >= 4 is 0 Å². The molecule has 2 unspecified atom stereocenters. The lowest BCUT2D eigenvalue weighted by Crippen LogP contribution is -2.48. The molecule has 110 valence electrons. The van der Waals surface area contributed by atoms with Gasteiger partial charge in [-0.15, -0.1) is 0 Å². The third-order valence-corrected chi connectivity index (χ3v) is 4.85. The highest BCUT2D eigenvalue weighted by Gasteiger charge is 2.25. The van der Waals surface area contributed by atoms with Crippen LogP contribution in [0, 0.1) is 0 Å². The molecule has 0 bridgehead atoms. The predicted molar refractivity (Wildman–Crippen MR) is 82.2 cm³/mol. The number of rotatable bonds is 4. The molecule has 0 aromatic heterocycles. The van der Waals surface area contributed by atoms with Crippen LogP contribution in [-0.4, -0.2) is 37.2 Å². The average molecular weight is 274 g/mol. The maximum Gasteiger partial charge on any atom is 0.122 e. The van der Waals surface area contributed by atoms with Crippen LogP contribution < -0.4 is 10.5 Å². The van der Waals surface area contributed by atoms with Crippen LogP contribution in [0.1, 0.15) is 36.8 Å². The Morgan fingerprint density at radius 1 is 1.30 bits per heavy atom. The molecule has 1 fully saturated rings. The fourth-order valence-electron chi connectivity index (χ4n) is 3.55. The summed E-state index contributed by atoms with van der Waals surface area (Å²) in [6.45, 7) is 1.94. The fraction of sp³-hybridized carbons (Fsp3) is 0.647. The topological polar surface area (TPSA) is 38.5 Å². The van der Waals surface area contributed by atoms with E-state index in [0.29, 0.717) is 12.1 Å². The highest BCUT2D eigenvalue weighted by molar-refractivity contribution is 5.39. The zero-order valence-corrected chi connectivity index (χ0v) is 12.5. The van der Waals surface area contributed by atoms with E-state index in [1.807, 2.05) is 0 Å². The minimum absolute atomic E-state index is 0.363. The standard InChI is InChI=1S/C17H26N2O/c1-19(16-5-3-2-4-15(16)18)10-8-13-6-7-17-14(12-13)9-11-20-17/h6-7,12,15-16H,2-5,8-11,18H2,1H3. The van der Waals surface area contributed by atoms with Gasteiger partial charge in [0, 0.05) is 25.0 Å². The normalized spacial score (nSPS) is 25.6. The second kappa shape index (κ2) is 6.15. The van der Waals surface area contributed by atoms with Gasteiger partial charge in [-0.25, -0.2) is 0 Å². The van der Waals surface area contributed by atoms with Gasteiger partial charge in [0.05, 0.1) is 6.61 Å².